The van der Waals surface area contributed by atoms with Crippen LogP contribution < -0.4 is 14.2 Å². The van der Waals surface area contributed by atoms with Crippen molar-refractivity contribution in [3.8, 4) is 17.2 Å². The van der Waals surface area contributed by atoms with Crippen molar-refractivity contribution in [1.29, 1.82) is 0 Å². The van der Waals surface area contributed by atoms with Crippen LogP contribution in [0, 0.1) is 0 Å². The fraction of sp³-hybridized carbons (Fsp3) is 0.235. The summed E-state index contributed by atoms with van der Waals surface area (Å²) in [5, 5.41) is 9.80. The molecule has 0 fully saturated rings. The number of benzene rings is 2. The van der Waals surface area contributed by atoms with E-state index in [2.05, 4.69) is 0 Å². The van der Waals surface area contributed by atoms with Gasteiger partial charge in [-0.15, -0.1) is 0 Å². The van der Waals surface area contributed by atoms with E-state index >= 15 is 0 Å². The molecule has 0 spiro atoms. The third-order valence-electron chi connectivity index (χ3n) is 3.23. The molecule has 0 amide bonds. The first-order valence-corrected chi connectivity index (χ1v) is 7.27. The van der Waals surface area contributed by atoms with Crippen LogP contribution in [0.2, 0.25) is 5.02 Å². The van der Waals surface area contributed by atoms with E-state index in [0.29, 0.717) is 22.3 Å². The third-order valence-corrected chi connectivity index (χ3v) is 3.53. The van der Waals surface area contributed by atoms with Gasteiger partial charge in [0.15, 0.2) is 6.10 Å². The van der Waals surface area contributed by atoms with Crippen molar-refractivity contribution in [2.75, 3.05) is 14.2 Å². The number of hydrogen-bond acceptors (Lipinski definition) is 4. The van der Waals surface area contributed by atoms with Crippen molar-refractivity contribution in [1.82, 2.24) is 0 Å². The predicted octanol–water partition coefficient (Wildman–Crippen LogP) is 3.43. The molecule has 0 aromatic heterocycles. The highest BCUT2D eigenvalue weighted by atomic mass is 35.5. The van der Waals surface area contributed by atoms with Crippen molar-refractivity contribution in [3.05, 3.63) is 53.1 Å². The Morgan fingerprint density at radius 3 is 2.48 bits per heavy atom. The standard InChI is InChI=1S/C17H17ClO5/c1-21-12-4-3-5-13(10-12)23-16(17(19)20)9-11-6-7-15(22-2)14(18)8-11/h3-8,10,16H,9H2,1-2H3,(H,19,20)/t16-/m0/s1. The number of hydrogen-bond donors (Lipinski definition) is 1. The van der Waals surface area contributed by atoms with Crippen molar-refractivity contribution in [2.45, 2.75) is 12.5 Å². The Kier molecular flexibility index (Phi) is 5.71. The first-order chi connectivity index (χ1) is 11.0. The molecule has 122 valence electrons. The van der Waals surface area contributed by atoms with Gasteiger partial charge in [-0.25, -0.2) is 4.79 Å². The first kappa shape index (κ1) is 17.0. The van der Waals surface area contributed by atoms with Gasteiger partial charge in [-0.3, -0.25) is 0 Å². The molecule has 2 aromatic carbocycles. The van der Waals surface area contributed by atoms with Crippen molar-refractivity contribution >= 4 is 17.6 Å². The van der Waals surface area contributed by atoms with Crippen LogP contribution in [-0.2, 0) is 11.2 Å². The summed E-state index contributed by atoms with van der Waals surface area (Å²) in [5.41, 5.74) is 0.742. The molecule has 2 aromatic rings. The smallest absolute Gasteiger partial charge is 0.345 e. The second kappa shape index (κ2) is 7.74. The van der Waals surface area contributed by atoms with E-state index in [4.69, 9.17) is 25.8 Å². The van der Waals surface area contributed by atoms with Crippen LogP contribution in [0.3, 0.4) is 0 Å². The fourth-order valence-corrected chi connectivity index (χ4v) is 2.35. The van der Waals surface area contributed by atoms with Gasteiger partial charge in [0, 0.05) is 12.5 Å². The van der Waals surface area contributed by atoms with Crippen LogP contribution in [0.25, 0.3) is 0 Å². The van der Waals surface area contributed by atoms with Gasteiger partial charge >= 0.3 is 5.97 Å². The number of carbonyl (C=O) groups is 1. The molecule has 0 heterocycles. The maximum absolute atomic E-state index is 11.5. The Morgan fingerprint density at radius 2 is 1.87 bits per heavy atom. The highest BCUT2D eigenvalue weighted by Crippen LogP contribution is 2.26. The molecule has 23 heavy (non-hydrogen) atoms. The van der Waals surface area contributed by atoms with E-state index < -0.39 is 12.1 Å². The van der Waals surface area contributed by atoms with Gasteiger partial charge in [0.1, 0.15) is 17.2 Å². The Morgan fingerprint density at radius 1 is 1.13 bits per heavy atom. The van der Waals surface area contributed by atoms with Crippen molar-refractivity contribution in [3.63, 3.8) is 0 Å². The van der Waals surface area contributed by atoms with E-state index in [9.17, 15) is 9.90 Å². The average molecular weight is 337 g/mol. The molecule has 0 saturated carbocycles. The molecular weight excluding hydrogens is 320 g/mol. The summed E-state index contributed by atoms with van der Waals surface area (Å²) < 4.78 is 15.7. The van der Waals surface area contributed by atoms with Crippen molar-refractivity contribution in [2.24, 2.45) is 0 Å². The highest BCUT2D eigenvalue weighted by Gasteiger charge is 2.21. The first-order valence-electron chi connectivity index (χ1n) is 6.89. The number of aliphatic carboxylic acids is 1. The minimum absolute atomic E-state index is 0.177. The van der Waals surface area contributed by atoms with E-state index in [0.717, 1.165) is 5.56 Å². The number of ether oxygens (including phenoxy) is 3. The molecule has 0 aliphatic heterocycles. The normalized spacial score (nSPS) is 11.6. The molecule has 1 N–H and O–H groups in total. The Labute approximate surface area is 139 Å². The lowest BCUT2D eigenvalue weighted by atomic mass is 10.1. The lowest BCUT2D eigenvalue weighted by Crippen LogP contribution is -2.29. The molecule has 0 saturated heterocycles. The highest BCUT2D eigenvalue weighted by molar-refractivity contribution is 6.32. The van der Waals surface area contributed by atoms with Crippen molar-refractivity contribution < 1.29 is 24.1 Å². The molecule has 6 heteroatoms. The molecule has 0 unspecified atom stereocenters. The number of carboxylic acid groups (broad SMARTS) is 1. The van der Waals surface area contributed by atoms with Gasteiger partial charge in [-0.1, -0.05) is 23.7 Å². The van der Waals surface area contributed by atoms with E-state index in [1.165, 1.54) is 14.2 Å². The van der Waals surface area contributed by atoms with Gasteiger partial charge in [0.25, 0.3) is 0 Å². The molecule has 2 rings (SSSR count). The van der Waals surface area contributed by atoms with E-state index in [1.54, 1.807) is 42.5 Å². The van der Waals surface area contributed by atoms with Gasteiger partial charge < -0.3 is 19.3 Å². The molecule has 0 aliphatic carbocycles. The molecular formula is C17H17ClO5. The van der Waals surface area contributed by atoms with Gasteiger partial charge in [-0.2, -0.15) is 0 Å². The van der Waals surface area contributed by atoms with Gasteiger partial charge in [0.2, 0.25) is 0 Å². The van der Waals surface area contributed by atoms with Gasteiger partial charge in [0.05, 0.1) is 19.2 Å². The second-order valence-corrected chi connectivity index (χ2v) is 5.20. The zero-order chi connectivity index (χ0) is 16.8. The van der Waals surface area contributed by atoms with E-state index in [1.807, 2.05) is 0 Å². The summed E-state index contributed by atoms with van der Waals surface area (Å²) in [6.45, 7) is 0. The lowest BCUT2D eigenvalue weighted by molar-refractivity contribution is -0.145. The summed E-state index contributed by atoms with van der Waals surface area (Å²) >= 11 is 6.06. The van der Waals surface area contributed by atoms with Crippen LogP contribution in [-0.4, -0.2) is 31.4 Å². The van der Waals surface area contributed by atoms with E-state index in [-0.39, 0.29) is 6.42 Å². The summed E-state index contributed by atoms with van der Waals surface area (Å²) in [5.74, 6) is 0.506. The SMILES string of the molecule is COc1cccc(O[C@@H](Cc2ccc(OC)c(Cl)c2)C(=O)O)c1. The quantitative estimate of drug-likeness (QED) is 0.839. The number of rotatable bonds is 7. The topological polar surface area (TPSA) is 65.0 Å². The molecule has 0 aliphatic rings. The predicted molar refractivity (Wildman–Crippen MR) is 86.8 cm³/mol. The Bertz CT molecular complexity index is 686. The molecule has 1 atom stereocenters. The molecule has 0 radical (unpaired) electrons. The van der Waals surface area contributed by atoms with Crippen LogP contribution in [0.1, 0.15) is 5.56 Å². The maximum Gasteiger partial charge on any atom is 0.345 e. The minimum atomic E-state index is -1.06. The third kappa shape index (κ3) is 4.53. The monoisotopic (exact) mass is 336 g/mol. The maximum atomic E-state index is 11.5. The summed E-state index contributed by atoms with van der Waals surface area (Å²) in [6, 6.07) is 11.9. The van der Waals surface area contributed by atoms with Crippen LogP contribution in [0.5, 0.6) is 17.2 Å². The molecule has 5 nitrogen and oxygen atoms in total. The largest absolute Gasteiger partial charge is 0.497 e. The van der Waals surface area contributed by atoms with Crippen LogP contribution >= 0.6 is 11.6 Å². The number of carboxylic acids is 1. The second-order valence-electron chi connectivity index (χ2n) is 4.80. The number of halogens is 1. The lowest BCUT2D eigenvalue weighted by Gasteiger charge is -2.16. The zero-order valence-electron chi connectivity index (χ0n) is 12.8. The zero-order valence-corrected chi connectivity index (χ0v) is 13.5. The van der Waals surface area contributed by atoms with Crippen LogP contribution in [0.4, 0.5) is 0 Å². The van der Waals surface area contributed by atoms with Gasteiger partial charge in [-0.05, 0) is 29.8 Å². The minimum Gasteiger partial charge on any atom is -0.497 e. The summed E-state index contributed by atoms with van der Waals surface area (Å²) in [4.78, 5) is 11.5. The fourth-order valence-electron chi connectivity index (χ4n) is 2.07. The molecule has 0 bridgehead atoms. The van der Waals surface area contributed by atoms with Crippen LogP contribution in [0.15, 0.2) is 42.5 Å². The Hall–Kier alpha value is -2.40. The number of methoxy groups -OCH3 is 2. The Balaban J connectivity index is 2.15. The average Bonchev–Trinajstić information content (AvgIpc) is 2.54. The summed E-state index contributed by atoms with van der Waals surface area (Å²) in [6.07, 6.45) is -0.859. The summed E-state index contributed by atoms with van der Waals surface area (Å²) in [7, 11) is 3.06.